The van der Waals surface area contributed by atoms with Crippen LogP contribution in [0.1, 0.15) is 34.6 Å². The number of hydrogen-bond donors (Lipinski definition) is 1. The fourth-order valence-corrected chi connectivity index (χ4v) is 0.698. The zero-order valence-corrected chi connectivity index (χ0v) is 9.33. The van der Waals surface area contributed by atoms with Crippen molar-refractivity contribution < 1.29 is 14.6 Å². The molecule has 0 aromatic heterocycles. The van der Waals surface area contributed by atoms with Gasteiger partial charge in [-0.2, -0.15) is 0 Å². The van der Waals surface area contributed by atoms with Crippen molar-refractivity contribution in [1.29, 1.82) is 0 Å². The van der Waals surface area contributed by atoms with Gasteiger partial charge in [-0.25, -0.2) is 0 Å². The monoisotopic (exact) mass is 190 g/mol. The molecule has 0 bridgehead atoms. The molecule has 0 fully saturated rings. The van der Waals surface area contributed by atoms with E-state index in [1.54, 1.807) is 0 Å². The average Bonchev–Trinajstić information content (AvgIpc) is 1.95. The fraction of sp³-hybridized carbons (Fsp3) is 1.00. The maximum absolute atomic E-state index is 9.41. The summed E-state index contributed by atoms with van der Waals surface area (Å²) < 4.78 is 10.6. The van der Waals surface area contributed by atoms with Gasteiger partial charge in [0.15, 0.2) is 0 Å². The molecule has 0 saturated carbocycles. The molecule has 0 aromatic carbocycles. The summed E-state index contributed by atoms with van der Waals surface area (Å²) in [7, 11) is 0. The third-order valence-corrected chi connectivity index (χ3v) is 1.33. The molecule has 80 valence electrons. The van der Waals surface area contributed by atoms with Gasteiger partial charge in [0.25, 0.3) is 0 Å². The first-order chi connectivity index (χ1) is 5.81. The molecular formula is C10H22O3. The molecule has 0 rings (SSSR count). The lowest BCUT2D eigenvalue weighted by Crippen LogP contribution is -2.29. The molecule has 0 amide bonds. The van der Waals surface area contributed by atoms with Crippen LogP contribution in [0.5, 0.6) is 0 Å². The summed E-state index contributed by atoms with van der Waals surface area (Å²) in [6.45, 7) is 10.4. The maximum atomic E-state index is 9.41. The summed E-state index contributed by atoms with van der Waals surface area (Å²) in [4.78, 5) is 0. The number of aliphatic hydroxyl groups is 1. The van der Waals surface area contributed by atoms with Crippen LogP contribution >= 0.6 is 0 Å². The highest BCUT2D eigenvalue weighted by molar-refractivity contribution is 4.61. The molecular weight excluding hydrogens is 168 g/mol. The summed E-state index contributed by atoms with van der Waals surface area (Å²) in [6, 6.07) is 0. The first-order valence-corrected chi connectivity index (χ1v) is 4.75. The van der Waals surface area contributed by atoms with Gasteiger partial charge in [-0.15, -0.1) is 0 Å². The lowest BCUT2D eigenvalue weighted by molar-refractivity contribution is -0.0785. The van der Waals surface area contributed by atoms with E-state index in [1.165, 1.54) is 0 Å². The van der Waals surface area contributed by atoms with E-state index in [0.29, 0.717) is 13.2 Å². The van der Waals surface area contributed by atoms with E-state index < -0.39 is 6.10 Å². The van der Waals surface area contributed by atoms with Crippen molar-refractivity contribution in [2.45, 2.75) is 52.4 Å². The first kappa shape index (κ1) is 12.9. The van der Waals surface area contributed by atoms with Gasteiger partial charge in [0, 0.05) is 0 Å². The second-order valence-electron chi connectivity index (χ2n) is 4.46. The molecule has 3 heteroatoms. The van der Waals surface area contributed by atoms with E-state index in [9.17, 15) is 5.11 Å². The molecule has 0 radical (unpaired) electrons. The van der Waals surface area contributed by atoms with Crippen LogP contribution in [-0.4, -0.2) is 36.1 Å². The van der Waals surface area contributed by atoms with Crippen molar-refractivity contribution in [2.75, 3.05) is 13.2 Å². The SMILES string of the molecule is CC(C)OC[C@H](O)COC(C)(C)C. The van der Waals surface area contributed by atoms with E-state index >= 15 is 0 Å². The van der Waals surface area contributed by atoms with Gasteiger partial charge in [0.1, 0.15) is 6.10 Å². The Morgan fingerprint density at radius 3 is 2.08 bits per heavy atom. The number of rotatable bonds is 5. The van der Waals surface area contributed by atoms with Crippen LogP contribution in [0, 0.1) is 0 Å². The van der Waals surface area contributed by atoms with Gasteiger partial charge >= 0.3 is 0 Å². The Labute approximate surface area is 81.0 Å². The number of aliphatic hydroxyl groups excluding tert-OH is 1. The molecule has 1 atom stereocenters. The van der Waals surface area contributed by atoms with Crippen LogP contribution in [0.4, 0.5) is 0 Å². The molecule has 13 heavy (non-hydrogen) atoms. The Morgan fingerprint density at radius 2 is 1.69 bits per heavy atom. The van der Waals surface area contributed by atoms with Crippen molar-refractivity contribution in [3.63, 3.8) is 0 Å². The van der Waals surface area contributed by atoms with Crippen LogP contribution in [-0.2, 0) is 9.47 Å². The summed E-state index contributed by atoms with van der Waals surface area (Å²) in [5.74, 6) is 0. The highest BCUT2D eigenvalue weighted by Crippen LogP contribution is 2.07. The molecule has 0 unspecified atom stereocenters. The predicted molar refractivity (Wildman–Crippen MR) is 52.8 cm³/mol. The minimum atomic E-state index is -0.526. The summed E-state index contributed by atoms with van der Waals surface area (Å²) >= 11 is 0. The molecule has 0 aliphatic rings. The van der Waals surface area contributed by atoms with Gasteiger partial charge in [-0.1, -0.05) is 0 Å². The fourth-order valence-electron chi connectivity index (χ4n) is 0.698. The zero-order valence-electron chi connectivity index (χ0n) is 9.33. The van der Waals surface area contributed by atoms with E-state index in [2.05, 4.69) is 0 Å². The standard InChI is InChI=1S/C10H22O3/c1-8(2)12-6-9(11)7-13-10(3,4)5/h8-9,11H,6-7H2,1-5H3/t9-/m0/s1. The third-order valence-electron chi connectivity index (χ3n) is 1.33. The van der Waals surface area contributed by atoms with Crippen molar-refractivity contribution >= 4 is 0 Å². The summed E-state index contributed by atoms with van der Waals surface area (Å²) in [6.07, 6.45) is -0.370. The van der Waals surface area contributed by atoms with E-state index in [4.69, 9.17) is 9.47 Å². The third kappa shape index (κ3) is 9.80. The Hall–Kier alpha value is -0.120. The Kier molecular flexibility index (Phi) is 5.53. The Bertz CT molecular complexity index is 127. The van der Waals surface area contributed by atoms with E-state index in [1.807, 2.05) is 34.6 Å². The molecule has 3 nitrogen and oxygen atoms in total. The van der Waals surface area contributed by atoms with E-state index in [-0.39, 0.29) is 11.7 Å². The topological polar surface area (TPSA) is 38.7 Å². The van der Waals surface area contributed by atoms with Crippen LogP contribution in [0.15, 0.2) is 0 Å². The van der Waals surface area contributed by atoms with Crippen molar-refractivity contribution in [2.24, 2.45) is 0 Å². The molecule has 0 heterocycles. The predicted octanol–water partition coefficient (Wildman–Crippen LogP) is 1.59. The molecule has 0 spiro atoms. The maximum Gasteiger partial charge on any atom is 0.101 e. The minimum absolute atomic E-state index is 0.157. The highest BCUT2D eigenvalue weighted by Gasteiger charge is 2.13. The van der Waals surface area contributed by atoms with Crippen LogP contribution in [0.25, 0.3) is 0 Å². The molecule has 1 N–H and O–H groups in total. The van der Waals surface area contributed by atoms with Gasteiger partial charge in [-0.3, -0.25) is 0 Å². The van der Waals surface area contributed by atoms with Gasteiger partial charge < -0.3 is 14.6 Å². The zero-order chi connectivity index (χ0) is 10.5. The largest absolute Gasteiger partial charge is 0.388 e. The van der Waals surface area contributed by atoms with Gasteiger partial charge in [0.2, 0.25) is 0 Å². The number of hydrogen-bond acceptors (Lipinski definition) is 3. The second-order valence-corrected chi connectivity index (χ2v) is 4.46. The minimum Gasteiger partial charge on any atom is -0.388 e. The quantitative estimate of drug-likeness (QED) is 0.715. The normalized spacial score (nSPS) is 15.0. The van der Waals surface area contributed by atoms with Crippen molar-refractivity contribution in [1.82, 2.24) is 0 Å². The van der Waals surface area contributed by atoms with E-state index in [0.717, 1.165) is 0 Å². The van der Waals surface area contributed by atoms with Crippen LogP contribution < -0.4 is 0 Å². The second kappa shape index (κ2) is 5.58. The first-order valence-electron chi connectivity index (χ1n) is 4.75. The Morgan fingerprint density at radius 1 is 1.15 bits per heavy atom. The summed E-state index contributed by atoms with van der Waals surface area (Å²) in [5.41, 5.74) is -0.196. The van der Waals surface area contributed by atoms with Crippen molar-refractivity contribution in [3.05, 3.63) is 0 Å². The molecule has 0 aliphatic carbocycles. The average molecular weight is 190 g/mol. The highest BCUT2D eigenvalue weighted by atomic mass is 16.5. The van der Waals surface area contributed by atoms with Crippen LogP contribution in [0.3, 0.4) is 0 Å². The molecule has 0 aliphatic heterocycles. The smallest absolute Gasteiger partial charge is 0.101 e. The molecule has 0 aromatic rings. The lowest BCUT2D eigenvalue weighted by Gasteiger charge is -2.22. The summed E-state index contributed by atoms with van der Waals surface area (Å²) in [5, 5.41) is 9.41. The Balaban J connectivity index is 3.46. The number of ether oxygens (including phenoxy) is 2. The van der Waals surface area contributed by atoms with Gasteiger partial charge in [0.05, 0.1) is 24.9 Å². The van der Waals surface area contributed by atoms with Crippen LogP contribution in [0.2, 0.25) is 0 Å². The molecule has 0 saturated heterocycles. The van der Waals surface area contributed by atoms with Gasteiger partial charge in [-0.05, 0) is 34.6 Å². The van der Waals surface area contributed by atoms with Crippen molar-refractivity contribution in [3.8, 4) is 0 Å². The lowest BCUT2D eigenvalue weighted by atomic mass is 10.2.